The normalized spacial score (nSPS) is 10.7. The molecule has 1 aromatic heterocycles. The second-order valence-corrected chi connectivity index (χ2v) is 4.53. The fourth-order valence-electron chi connectivity index (χ4n) is 1.45. The second kappa shape index (κ2) is 8.63. The predicted octanol–water partition coefficient (Wildman–Crippen LogP) is 1.45. The van der Waals surface area contributed by atoms with Gasteiger partial charge >= 0.3 is 0 Å². The SMILES string of the molecule is CCCCNc1nncc(NCCCN(C)C)n1. The van der Waals surface area contributed by atoms with Crippen LogP contribution in [-0.4, -0.2) is 53.8 Å². The van der Waals surface area contributed by atoms with E-state index in [0.29, 0.717) is 5.95 Å². The van der Waals surface area contributed by atoms with Crippen LogP contribution >= 0.6 is 0 Å². The lowest BCUT2D eigenvalue weighted by molar-refractivity contribution is 0.405. The van der Waals surface area contributed by atoms with Crippen molar-refractivity contribution in [2.45, 2.75) is 26.2 Å². The summed E-state index contributed by atoms with van der Waals surface area (Å²) in [5, 5.41) is 14.3. The number of anilines is 2. The summed E-state index contributed by atoms with van der Waals surface area (Å²) in [4.78, 5) is 6.52. The molecule has 0 bridgehead atoms. The molecular formula is C12H24N6. The highest BCUT2D eigenvalue weighted by atomic mass is 15.3. The number of unbranched alkanes of at least 4 members (excludes halogenated alkanes) is 1. The van der Waals surface area contributed by atoms with E-state index in [0.717, 1.165) is 44.7 Å². The maximum atomic E-state index is 4.35. The lowest BCUT2D eigenvalue weighted by atomic mass is 10.3. The van der Waals surface area contributed by atoms with Crippen LogP contribution in [-0.2, 0) is 0 Å². The van der Waals surface area contributed by atoms with Crippen molar-refractivity contribution < 1.29 is 0 Å². The van der Waals surface area contributed by atoms with Crippen LogP contribution in [0.25, 0.3) is 0 Å². The Labute approximate surface area is 109 Å². The first-order valence-electron chi connectivity index (χ1n) is 6.54. The van der Waals surface area contributed by atoms with Crippen LogP contribution in [0.5, 0.6) is 0 Å². The van der Waals surface area contributed by atoms with Crippen LogP contribution in [0.3, 0.4) is 0 Å². The molecule has 0 aliphatic rings. The van der Waals surface area contributed by atoms with Gasteiger partial charge in [0.15, 0.2) is 5.82 Å². The Balaban J connectivity index is 2.30. The highest BCUT2D eigenvalue weighted by Crippen LogP contribution is 2.03. The predicted molar refractivity (Wildman–Crippen MR) is 74.9 cm³/mol. The summed E-state index contributed by atoms with van der Waals surface area (Å²) in [6.45, 7) is 5.00. The van der Waals surface area contributed by atoms with Gasteiger partial charge in [-0.3, -0.25) is 0 Å². The molecule has 18 heavy (non-hydrogen) atoms. The molecule has 0 saturated carbocycles. The van der Waals surface area contributed by atoms with E-state index >= 15 is 0 Å². The molecule has 1 aromatic rings. The van der Waals surface area contributed by atoms with Gasteiger partial charge in [-0.25, -0.2) is 0 Å². The van der Waals surface area contributed by atoms with Crippen LogP contribution in [0, 0.1) is 0 Å². The molecule has 1 rings (SSSR count). The molecule has 0 atom stereocenters. The number of nitrogens with zero attached hydrogens (tertiary/aromatic N) is 4. The minimum absolute atomic E-state index is 0.598. The molecule has 2 N–H and O–H groups in total. The number of hydrogen-bond donors (Lipinski definition) is 2. The zero-order valence-corrected chi connectivity index (χ0v) is 11.6. The average molecular weight is 252 g/mol. The van der Waals surface area contributed by atoms with E-state index in [1.54, 1.807) is 6.20 Å². The molecule has 0 saturated heterocycles. The molecule has 0 amide bonds. The lowest BCUT2D eigenvalue weighted by Crippen LogP contribution is -2.17. The fraction of sp³-hybridized carbons (Fsp3) is 0.750. The van der Waals surface area contributed by atoms with Gasteiger partial charge in [0.2, 0.25) is 5.95 Å². The molecule has 0 fully saturated rings. The third kappa shape index (κ3) is 6.34. The van der Waals surface area contributed by atoms with Gasteiger partial charge < -0.3 is 15.5 Å². The number of rotatable bonds is 9. The van der Waals surface area contributed by atoms with Crippen molar-refractivity contribution in [3.8, 4) is 0 Å². The zero-order valence-electron chi connectivity index (χ0n) is 11.6. The maximum Gasteiger partial charge on any atom is 0.244 e. The molecule has 0 radical (unpaired) electrons. The first kappa shape index (κ1) is 14.6. The summed E-state index contributed by atoms with van der Waals surface area (Å²) in [6, 6.07) is 0. The van der Waals surface area contributed by atoms with Crippen LogP contribution in [0.1, 0.15) is 26.2 Å². The van der Waals surface area contributed by atoms with E-state index in [1.165, 1.54) is 0 Å². The molecule has 0 aromatic carbocycles. The number of aromatic nitrogens is 3. The monoisotopic (exact) mass is 252 g/mol. The van der Waals surface area contributed by atoms with E-state index < -0.39 is 0 Å². The molecule has 6 heteroatoms. The van der Waals surface area contributed by atoms with Crippen molar-refractivity contribution in [1.82, 2.24) is 20.1 Å². The van der Waals surface area contributed by atoms with Gasteiger partial charge in [-0.15, -0.1) is 5.10 Å². The van der Waals surface area contributed by atoms with Crippen molar-refractivity contribution in [2.75, 3.05) is 44.4 Å². The molecule has 0 spiro atoms. The van der Waals surface area contributed by atoms with Crippen molar-refractivity contribution in [1.29, 1.82) is 0 Å². The van der Waals surface area contributed by atoms with Crippen LogP contribution < -0.4 is 10.6 Å². The summed E-state index contributed by atoms with van der Waals surface area (Å²) in [6.07, 6.45) is 5.00. The third-order valence-corrected chi connectivity index (χ3v) is 2.46. The van der Waals surface area contributed by atoms with Gasteiger partial charge in [0.05, 0.1) is 6.20 Å². The molecule has 102 valence electrons. The van der Waals surface area contributed by atoms with Gasteiger partial charge in [-0.2, -0.15) is 10.1 Å². The van der Waals surface area contributed by atoms with E-state index in [2.05, 4.69) is 51.7 Å². The Kier molecular flexibility index (Phi) is 7.01. The summed E-state index contributed by atoms with van der Waals surface area (Å²) in [5.41, 5.74) is 0. The van der Waals surface area contributed by atoms with Crippen molar-refractivity contribution >= 4 is 11.8 Å². The van der Waals surface area contributed by atoms with E-state index in [1.807, 2.05) is 0 Å². The van der Waals surface area contributed by atoms with E-state index in [-0.39, 0.29) is 0 Å². The van der Waals surface area contributed by atoms with Crippen molar-refractivity contribution in [3.63, 3.8) is 0 Å². The molecule has 6 nitrogen and oxygen atoms in total. The zero-order chi connectivity index (χ0) is 13.2. The third-order valence-electron chi connectivity index (χ3n) is 2.46. The number of nitrogens with one attached hydrogen (secondary N) is 2. The van der Waals surface area contributed by atoms with Gasteiger partial charge in [0, 0.05) is 13.1 Å². The topological polar surface area (TPSA) is 66.0 Å². The highest BCUT2D eigenvalue weighted by molar-refractivity contribution is 5.36. The molecule has 1 heterocycles. The average Bonchev–Trinajstić information content (AvgIpc) is 2.35. The standard InChI is InChI=1S/C12H24N6/c1-4-5-7-14-12-16-11(10-15-17-12)13-8-6-9-18(2)3/h10H,4-9H2,1-3H3,(H2,13,14,16,17). The molecule has 0 aliphatic heterocycles. The fourth-order valence-corrected chi connectivity index (χ4v) is 1.45. The lowest BCUT2D eigenvalue weighted by Gasteiger charge is -2.10. The van der Waals surface area contributed by atoms with Gasteiger partial charge in [-0.1, -0.05) is 13.3 Å². The van der Waals surface area contributed by atoms with E-state index in [4.69, 9.17) is 0 Å². The summed E-state index contributed by atoms with van der Waals surface area (Å²) in [7, 11) is 4.14. The molecule has 0 aliphatic carbocycles. The first-order valence-corrected chi connectivity index (χ1v) is 6.54. The highest BCUT2D eigenvalue weighted by Gasteiger charge is 1.99. The van der Waals surface area contributed by atoms with Gasteiger partial charge in [-0.05, 0) is 33.5 Å². The Morgan fingerprint density at radius 3 is 2.67 bits per heavy atom. The summed E-state index contributed by atoms with van der Waals surface area (Å²) in [5.74, 6) is 1.38. The Hall–Kier alpha value is -1.43. The molecule has 0 unspecified atom stereocenters. The largest absolute Gasteiger partial charge is 0.369 e. The minimum Gasteiger partial charge on any atom is -0.369 e. The van der Waals surface area contributed by atoms with Crippen LogP contribution in [0.15, 0.2) is 6.20 Å². The van der Waals surface area contributed by atoms with Gasteiger partial charge in [0.25, 0.3) is 0 Å². The van der Waals surface area contributed by atoms with Gasteiger partial charge in [0.1, 0.15) is 0 Å². The molecular weight excluding hydrogens is 228 g/mol. The summed E-state index contributed by atoms with van der Waals surface area (Å²) < 4.78 is 0. The van der Waals surface area contributed by atoms with Crippen molar-refractivity contribution in [3.05, 3.63) is 6.20 Å². The first-order chi connectivity index (χ1) is 8.72. The Morgan fingerprint density at radius 1 is 1.17 bits per heavy atom. The van der Waals surface area contributed by atoms with Crippen molar-refractivity contribution in [2.24, 2.45) is 0 Å². The number of hydrogen-bond acceptors (Lipinski definition) is 6. The maximum absolute atomic E-state index is 4.35. The minimum atomic E-state index is 0.598. The Bertz CT molecular complexity index is 328. The smallest absolute Gasteiger partial charge is 0.244 e. The second-order valence-electron chi connectivity index (χ2n) is 4.53. The van der Waals surface area contributed by atoms with E-state index in [9.17, 15) is 0 Å². The Morgan fingerprint density at radius 2 is 1.94 bits per heavy atom. The quantitative estimate of drug-likeness (QED) is 0.648. The summed E-state index contributed by atoms with van der Waals surface area (Å²) >= 11 is 0. The van der Waals surface area contributed by atoms with Crippen LogP contribution in [0.4, 0.5) is 11.8 Å². The van der Waals surface area contributed by atoms with Crippen LogP contribution in [0.2, 0.25) is 0 Å².